The molecule has 0 fully saturated rings. The Kier molecular flexibility index (Phi) is 4.58. The maximum Gasteiger partial charge on any atom is 0.125 e. The summed E-state index contributed by atoms with van der Waals surface area (Å²) in [6, 6.07) is 15.6. The molecule has 0 saturated carbocycles. The van der Waals surface area contributed by atoms with E-state index in [1.54, 1.807) is 0 Å². The number of aliphatic hydroxyl groups is 1. The van der Waals surface area contributed by atoms with E-state index in [1.165, 1.54) is 0 Å². The third kappa shape index (κ3) is 3.15. The summed E-state index contributed by atoms with van der Waals surface area (Å²) in [4.78, 5) is 0. The minimum Gasteiger partial charge on any atom is -0.493 e. The van der Waals surface area contributed by atoms with Crippen molar-refractivity contribution in [3.05, 3.63) is 65.2 Å². The van der Waals surface area contributed by atoms with Crippen molar-refractivity contribution in [3.63, 3.8) is 0 Å². The Bertz CT molecular complexity index is 534. The maximum absolute atomic E-state index is 10.6. The predicted octanol–water partition coefficient (Wildman–Crippen LogP) is 3.87. The molecule has 0 bridgehead atoms. The van der Waals surface area contributed by atoms with E-state index in [0.717, 1.165) is 28.9 Å². The third-order valence-corrected chi connectivity index (χ3v) is 3.16. The number of ether oxygens (including phenoxy) is 1. The lowest BCUT2D eigenvalue weighted by Crippen LogP contribution is -2.06. The second kappa shape index (κ2) is 6.39. The second-order valence-corrected chi connectivity index (χ2v) is 4.65. The molecule has 0 aromatic heterocycles. The third-order valence-electron chi connectivity index (χ3n) is 3.16. The number of aliphatic hydroxyl groups excluding tert-OH is 1. The molecule has 0 saturated heterocycles. The van der Waals surface area contributed by atoms with Crippen LogP contribution in [0.3, 0.4) is 0 Å². The number of para-hydroxylation sites is 1. The first kappa shape index (κ1) is 13.6. The molecule has 0 spiro atoms. The van der Waals surface area contributed by atoms with Gasteiger partial charge in [-0.3, -0.25) is 0 Å². The Labute approximate surface area is 114 Å². The lowest BCUT2D eigenvalue weighted by molar-refractivity contribution is 0.210. The summed E-state index contributed by atoms with van der Waals surface area (Å²) in [6.45, 7) is 4.74. The average Bonchev–Trinajstić information content (AvgIpc) is 2.45. The van der Waals surface area contributed by atoms with Gasteiger partial charge in [-0.1, -0.05) is 49.4 Å². The molecule has 2 nitrogen and oxygen atoms in total. The number of benzene rings is 2. The molecule has 0 amide bonds. The van der Waals surface area contributed by atoms with Gasteiger partial charge in [-0.25, -0.2) is 0 Å². The van der Waals surface area contributed by atoms with E-state index in [-0.39, 0.29) is 0 Å². The van der Waals surface area contributed by atoms with Crippen molar-refractivity contribution in [3.8, 4) is 5.75 Å². The van der Waals surface area contributed by atoms with Crippen LogP contribution in [-0.2, 0) is 0 Å². The molecule has 0 aliphatic heterocycles. The number of hydrogen-bond donors (Lipinski definition) is 1. The predicted molar refractivity (Wildman–Crippen MR) is 77.5 cm³/mol. The monoisotopic (exact) mass is 256 g/mol. The zero-order chi connectivity index (χ0) is 13.7. The van der Waals surface area contributed by atoms with Crippen LogP contribution in [0.2, 0.25) is 0 Å². The molecule has 0 aliphatic carbocycles. The van der Waals surface area contributed by atoms with Crippen molar-refractivity contribution in [2.45, 2.75) is 26.4 Å². The van der Waals surface area contributed by atoms with Crippen LogP contribution in [0, 0.1) is 6.92 Å². The summed E-state index contributed by atoms with van der Waals surface area (Å²) in [5.74, 6) is 0.764. The first-order valence-corrected chi connectivity index (χ1v) is 6.69. The molecule has 2 aromatic rings. The summed E-state index contributed by atoms with van der Waals surface area (Å²) in [6.07, 6.45) is 0.309. The maximum atomic E-state index is 10.6. The molecule has 2 rings (SSSR count). The Morgan fingerprint density at radius 3 is 2.32 bits per heavy atom. The van der Waals surface area contributed by atoms with Crippen LogP contribution in [0.1, 0.15) is 36.1 Å². The SMILES string of the molecule is CCCOc1ccccc1C(O)c1ccccc1C. The van der Waals surface area contributed by atoms with Gasteiger partial charge in [-0.2, -0.15) is 0 Å². The molecule has 1 unspecified atom stereocenters. The molecule has 1 N–H and O–H groups in total. The van der Waals surface area contributed by atoms with Crippen LogP contribution in [0.5, 0.6) is 5.75 Å². The molecule has 1 atom stereocenters. The van der Waals surface area contributed by atoms with Crippen LogP contribution in [-0.4, -0.2) is 11.7 Å². The highest BCUT2D eigenvalue weighted by atomic mass is 16.5. The van der Waals surface area contributed by atoms with Gasteiger partial charge in [-0.15, -0.1) is 0 Å². The topological polar surface area (TPSA) is 29.5 Å². The van der Waals surface area contributed by atoms with Crippen LogP contribution >= 0.6 is 0 Å². The quantitative estimate of drug-likeness (QED) is 0.880. The zero-order valence-electron chi connectivity index (χ0n) is 11.5. The van der Waals surface area contributed by atoms with Gasteiger partial charge in [0.25, 0.3) is 0 Å². The van der Waals surface area contributed by atoms with Crippen LogP contribution < -0.4 is 4.74 Å². The van der Waals surface area contributed by atoms with E-state index >= 15 is 0 Å². The van der Waals surface area contributed by atoms with E-state index in [2.05, 4.69) is 6.92 Å². The fourth-order valence-corrected chi connectivity index (χ4v) is 2.11. The van der Waals surface area contributed by atoms with E-state index in [0.29, 0.717) is 6.61 Å². The summed E-state index contributed by atoms with van der Waals surface area (Å²) < 4.78 is 5.71. The van der Waals surface area contributed by atoms with Crippen LogP contribution in [0.15, 0.2) is 48.5 Å². The number of aryl methyl sites for hydroxylation is 1. The molecule has 2 aromatic carbocycles. The van der Waals surface area contributed by atoms with Gasteiger partial charge in [-0.05, 0) is 30.5 Å². The molecule has 0 heterocycles. The van der Waals surface area contributed by atoms with Crippen molar-refractivity contribution < 1.29 is 9.84 Å². The Balaban J connectivity index is 2.33. The van der Waals surface area contributed by atoms with E-state index in [4.69, 9.17) is 4.74 Å². The number of rotatable bonds is 5. The van der Waals surface area contributed by atoms with Crippen LogP contribution in [0.25, 0.3) is 0 Å². The molecular weight excluding hydrogens is 236 g/mol. The van der Waals surface area contributed by atoms with Gasteiger partial charge >= 0.3 is 0 Å². The van der Waals surface area contributed by atoms with E-state index in [9.17, 15) is 5.11 Å². The van der Waals surface area contributed by atoms with Crippen molar-refractivity contribution in [1.29, 1.82) is 0 Å². The summed E-state index contributed by atoms with van der Waals surface area (Å²) in [5.41, 5.74) is 2.83. The Morgan fingerprint density at radius 2 is 1.63 bits per heavy atom. The number of hydrogen-bond acceptors (Lipinski definition) is 2. The van der Waals surface area contributed by atoms with Gasteiger partial charge < -0.3 is 9.84 Å². The highest BCUT2D eigenvalue weighted by Crippen LogP contribution is 2.31. The highest BCUT2D eigenvalue weighted by molar-refractivity contribution is 5.42. The molecule has 0 radical (unpaired) electrons. The largest absolute Gasteiger partial charge is 0.493 e. The highest BCUT2D eigenvalue weighted by Gasteiger charge is 2.16. The zero-order valence-corrected chi connectivity index (χ0v) is 11.5. The molecular formula is C17H20O2. The molecule has 0 aliphatic rings. The van der Waals surface area contributed by atoms with Gasteiger partial charge in [0.1, 0.15) is 11.9 Å². The van der Waals surface area contributed by atoms with Crippen molar-refractivity contribution >= 4 is 0 Å². The Hall–Kier alpha value is -1.80. The van der Waals surface area contributed by atoms with Gasteiger partial charge in [0.05, 0.1) is 6.61 Å². The fourth-order valence-electron chi connectivity index (χ4n) is 2.11. The first-order chi connectivity index (χ1) is 9.24. The fraction of sp³-hybridized carbons (Fsp3) is 0.294. The lowest BCUT2D eigenvalue weighted by atomic mass is 9.97. The van der Waals surface area contributed by atoms with Crippen molar-refractivity contribution in [2.24, 2.45) is 0 Å². The molecule has 19 heavy (non-hydrogen) atoms. The normalized spacial score (nSPS) is 12.2. The first-order valence-electron chi connectivity index (χ1n) is 6.69. The molecule has 100 valence electrons. The summed E-state index contributed by atoms with van der Waals surface area (Å²) >= 11 is 0. The molecule has 2 heteroatoms. The minimum atomic E-state index is -0.644. The van der Waals surface area contributed by atoms with Gasteiger partial charge in [0, 0.05) is 5.56 Å². The minimum absolute atomic E-state index is 0.644. The van der Waals surface area contributed by atoms with Crippen molar-refractivity contribution in [2.75, 3.05) is 6.61 Å². The summed E-state index contributed by atoms with van der Waals surface area (Å²) in [7, 11) is 0. The van der Waals surface area contributed by atoms with Crippen molar-refractivity contribution in [1.82, 2.24) is 0 Å². The second-order valence-electron chi connectivity index (χ2n) is 4.65. The smallest absolute Gasteiger partial charge is 0.125 e. The summed E-state index contributed by atoms with van der Waals surface area (Å²) in [5, 5.41) is 10.6. The van der Waals surface area contributed by atoms with Crippen LogP contribution in [0.4, 0.5) is 0 Å². The van der Waals surface area contributed by atoms with Gasteiger partial charge in [0.15, 0.2) is 0 Å². The van der Waals surface area contributed by atoms with E-state index < -0.39 is 6.10 Å². The van der Waals surface area contributed by atoms with Gasteiger partial charge in [0.2, 0.25) is 0 Å². The average molecular weight is 256 g/mol. The standard InChI is InChI=1S/C17H20O2/c1-3-12-19-16-11-7-6-10-15(16)17(18)14-9-5-4-8-13(14)2/h4-11,17-18H,3,12H2,1-2H3. The Morgan fingerprint density at radius 1 is 1.00 bits per heavy atom. The van der Waals surface area contributed by atoms with E-state index in [1.807, 2.05) is 55.5 Å². The lowest BCUT2D eigenvalue weighted by Gasteiger charge is -2.17.